The SMILES string of the molecule is CNC(=O)NCCCC[C@H](NC(=O)Cn1c(=O)ncc2ccccc21)c1ncc(-c2ccc3ccccc3c2)[nH]1. The van der Waals surface area contributed by atoms with E-state index in [4.69, 9.17) is 0 Å². The fourth-order valence-electron chi connectivity index (χ4n) is 4.73. The molecule has 0 aliphatic carbocycles. The van der Waals surface area contributed by atoms with Gasteiger partial charge in [0.15, 0.2) is 0 Å². The molecule has 5 aromatic rings. The molecule has 0 unspecified atom stereocenters. The van der Waals surface area contributed by atoms with Gasteiger partial charge in [-0.1, -0.05) is 54.6 Å². The smallest absolute Gasteiger partial charge is 0.345 e. The average molecular weight is 538 g/mol. The van der Waals surface area contributed by atoms with Gasteiger partial charge in [0.05, 0.1) is 23.4 Å². The monoisotopic (exact) mass is 537 g/mol. The van der Waals surface area contributed by atoms with E-state index in [0.29, 0.717) is 24.3 Å². The van der Waals surface area contributed by atoms with Crippen molar-refractivity contribution in [2.24, 2.45) is 0 Å². The number of nitrogens with zero attached hydrogens (tertiary/aromatic N) is 3. The molecule has 0 saturated carbocycles. The summed E-state index contributed by atoms with van der Waals surface area (Å²) in [6.45, 7) is 0.345. The molecule has 0 saturated heterocycles. The van der Waals surface area contributed by atoms with Crippen molar-refractivity contribution >= 4 is 33.6 Å². The van der Waals surface area contributed by atoms with Gasteiger partial charge in [0, 0.05) is 30.7 Å². The van der Waals surface area contributed by atoms with Gasteiger partial charge < -0.3 is 20.9 Å². The first-order chi connectivity index (χ1) is 19.5. The van der Waals surface area contributed by atoms with Gasteiger partial charge in [-0.05, 0) is 42.2 Å². The maximum Gasteiger partial charge on any atom is 0.348 e. The first-order valence-electron chi connectivity index (χ1n) is 13.3. The first kappa shape index (κ1) is 26.6. The van der Waals surface area contributed by atoms with Crippen molar-refractivity contribution in [2.45, 2.75) is 31.8 Å². The third kappa shape index (κ3) is 6.17. The molecule has 4 N–H and O–H groups in total. The zero-order valence-corrected chi connectivity index (χ0v) is 22.2. The van der Waals surface area contributed by atoms with Crippen molar-refractivity contribution in [3.63, 3.8) is 0 Å². The number of rotatable bonds is 10. The predicted octanol–water partition coefficient (Wildman–Crippen LogP) is 3.90. The molecule has 0 aliphatic heterocycles. The molecular formula is C30H31N7O3. The summed E-state index contributed by atoms with van der Waals surface area (Å²) in [5.41, 5.74) is 2.00. The number of amides is 3. The Balaban J connectivity index is 1.34. The number of carbonyl (C=O) groups excluding carboxylic acids is 2. The highest BCUT2D eigenvalue weighted by molar-refractivity contribution is 5.86. The molecule has 0 bridgehead atoms. The molecule has 3 amide bonds. The van der Waals surface area contributed by atoms with Gasteiger partial charge in [-0.25, -0.2) is 19.6 Å². The lowest BCUT2D eigenvalue weighted by molar-refractivity contribution is -0.122. The molecular weight excluding hydrogens is 506 g/mol. The van der Waals surface area contributed by atoms with Gasteiger partial charge in [0.1, 0.15) is 12.4 Å². The quantitative estimate of drug-likeness (QED) is 0.201. The van der Waals surface area contributed by atoms with E-state index in [9.17, 15) is 14.4 Å². The second kappa shape index (κ2) is 12.2. The van der Waals surface area contributed by atoms with Crippen molar-refractivity contribution in [3.8, 4) is 11.3 Å². The Kier molecular flexibility index (Phi) is 8.15. The van der Waals surface area contributed by atoms with Crippen LogP contribution in [0.4, 0.5) is 4.79 Å². The van der Waals surface area contributed by atoms with Gasteiger partial charge in [0.2, 0.25) is 5.91 Å². The minimum absolute atomic E-state index is 0.167. The number of nitrogens with one attached hydrogen (secondary N) is 4. The van der Waals surface area contributed by atoms with Crippen molar-refractivity contribution in [2.75, 3.05) is 13.6 Å². The standard InChI is InChI=1S/C30H31N7O3/c1-31-29(39)32-15-7-6-11-24(35-27(38)19-37-26-12-5-4-10-23(26)17-34-30(37)40)28-33-18-25(36-28)22-14-13-20-8-2-3-9-21(20)16-22/h2-5,8-10,12-14,16-18,24H,6-7,11,15,19H2,1H3,(H,33,36)(H,35,38)(H2,31,32,39)/t24-/m0/s1. The number of hydrogen-bond acceptors (Lipinski definition) is 5. The van der Waals surface area contributed by atoms with Crippen LogP contribution in [-0.2, 0) is 11.3 Å². The summed E-state index contributed by atoms with van der Waals surface area (Å²) in [7, 11) is 1.57. The van der Waals surface area contributed by atoms with Gasteiger partial charge in [-0.15, -0.1) is 0 Å². The number of aromatic amines is 1. The van der Waals surface area contributed by atoms with E-state index < -0.39 is 11.7 Å². The summed E-state index contributed by atoms with van der Waals surface area (Å²) in [6, 6.07) is 21.0. The number of imidazole rings is 1. The number of benzene rings is 3. The van der Waals surface area contributed by atoms with E-state index >= 15 is 0 Å². The highest BCUT2D eigenvalue weighted by Crippen LogP contribution is 2.25. The molecule has 0 spiro atoms. The molecule has 10 nitrogen and oxygen atoms in total. The van der Waals surface area contributed by atoms with E-state index in [-0.39, 0.29) is 18.5 Å². The fourth-order valence-corrected chi connectivity index (χ4v) is 4.73. The molecule has 204 valence electrons. The van der Waals surface area contributed by atoms with Crippen LogP contribution in [0.2, 0.25) is 0 Å². The second-order valence-electron chi connectivity index (χ2n) is 9.55. The molecule has 0 radical (unpaired) electrons. The summed E-state index contributed by atoms with van der Waals surface area (Å²) in [6.07, 6.45) is 5.33. The van der Waals surface area contributed by atoms with Crippen LogP contribution in [-0.4, -0.2) is 45.0 Å². The zero-order chi connectivity index (χ0) is 27.9. The lowest BCUT2D eigenvalue weighted by Gasteiger charge is -2.18. The minimum atomic E-state index is -0.484. The van der Waals surface area contributed by atoms with E-state index in [1.54, 1.807) is 19.3 Å². The number of aromatic nitrogens is 4. The normalized spacial score (nSPS) is 11.8. The van der Waals surface area contributed by atoms with E-state index in [2.05, 4.69) is 55.2 Å². The number of H-pyrrole nitrogens is 1. The number of carbonyl (C=O) groups is 2. The summed E-state index contributed by atoms with van der Waals surface area (Å²) >= 11 is 0. The van der Waals surface area contributed by atoms with Crippen LogP contribution in [0.5, 0.6) is 0 Å². The Morgan fingerprint density at radius 2 is 1.70 bits per heavy atom. The molecule has 5 rings (SSSR count). The van der Waals surface area contributed by atoms with Crippen LogP contribution < -0.4 is 21.6 Å². The van der Waals surface area contributed by atoms with Crippen molar-refractivity contribution in [3.05, 3.63) is 95.4 Å². The maximum absolute atomic E-state index is 13.2. The van der Waals surface area contributed by atoms with Crippen LogP contribution in [0.25, 0.3) is 32.9 Å². The van der Waals surface area contributed by atoms with E-state index in [1.165, 1.54) is 10.8 Å². The third-order valence-electron chi connectivity index (χ3n) is 6.83. The number of hydrogen-bond donors (Lipinski definition) is 4. The topological polar surface area (TPSA) is 134 Å². The molecule has 1 atom stereocenters. The summed E-state index contributed by atoms with van der Waals surface area (Å²) in [4.78, 5) is 49.1. The minimum Gasteiger partial charge on any atom is -0.345 e. The van der Waals surface area contributed by atoms with Gasteiger partial charge in [-0.3, -0.25) is 9.36 Å². The van der Waals surface area contributed by atoms with E-state index in [1.807, 2.05) is 36.4 Å². The van der Waals surface area contributed by atoms with Crippen molar-refractivity contribution in [1.82, 2.24) is 35.5 Å². The number of para-hydroxylation sites is 1. The van der Waals surface area contributed by atoms with E-state index in [0.717, 1.165) is 40.3 Å². The predicted molar refractivity (Wildman–Crippen MR) is 155 cm³/mol. The molecule has 2 aromatic heterocycles. The fraction of sp³-hybridized carbons (Fsp3) is 0.233. The Hall–Kier alpha value is -4.99. The average Bonchev–Trinajstić information content (AvgIpc) is 3.48. The molecule has 0 fully saturated rings. The highest BCUT2D eigenvalue weighted by atomic mass is 16.2. The summed E-state index contributed by atoms with van der Waals surface area (Å²) in [5, 5.41) is 11.4. The number of unbranched alkanes of at least 4 members (excludes halogenated alkanes) is 1. The third-order valence-corrected chi connectivity index (χ3v) is 6.83. The lowest BCUT2D eigenvalue weighted by atomic mass is 10.1. The molecule has 10 heteroatoms. The highest BCUT2D eigenvalue weighted by Gasteiger charge is 2.19. The van der Waals surface area contributed by atoms with Crippen molar-refractivity contribution in [1.29, 1.82) is 0 Å². The van der Waals surface area contributed by atoms with Gasteiger partial charge in [0.25, 0.3) is 0 Å². The van der Waals surface area contributed by atoms with Gasteiger partial charge >= 0.3 is 11.7 Å². The Labute approximate surface area is 230 Å². The first-order valence-corrected chi connectivity index (χ1v) is 13.3. The zero-order valence-electron chi connectivity index (χ0n) is 22.2. The number of fused-ring (bicyclic) bond motifs is 2. The largest absolute Gasteiger partial charge is 0.348 e. The van der Waals surface area contributed by atoms with Gasteiger partial charge in [-0.2, -0.15) is 0 Å². The lowest BCUT2D eigenvalue weighted by Crippen LogP contribution is -2.36. The maximum atomic E-state index is 13.2. The van der Waals surface area contributed by atoms with Crippen LogP contribution in [0, 0.1) is 0 Å². The molecule has 40 heavy (non-hydrogen) atoms. The molecule has 3 aromatic carbocycles. The Morgan fingerprint density at radius 1 is 0.925 bits per heavy atom. The molecule has 0 aliphatic rings. The summed E-state index contributed by atoms with van der Waals surface area (Å²) < 4.78 is 1.37. The molecule has 2 heterocycles. The number of urea groups is 1. The summed E-state index contributed by atoms with van der Waals surface area (Å²) in [5.74, 6) is 0.302. The Morgan fingerprint density at radius 3 is 2.52 bits per heavy atom. The van der Waals surface area contributed by atoms with Crippen LogP contribution in [0.3, 0.4) is 0 Å². The van der Waals surface area contributed by atoms with Crippen LogP contribution in [0.1, 0.15) is 31.1 Å². The Bertz CT molecular complexity index is 1710. The second-order valence-corrected chi connectivity index (χ2v) is 9.55. The van der Waals surface area contributed by atoms with Crippen LogP contribution in [0.15, 0.2) is 83.9 Å². The van der Waals surface area contributed by atoms with Crippen LogP contribution >= 0.6 is 0 Å². The van der Waals surface area contributed by atoms with Crippen molar-refractivity contribution < 1.29 is 9.59 Å².